The van der Waals surface area contributed by atoms with E-state index < -0.39 is 5.91 Å². The number of hydrogen-bond acceptors (Lipinski definition) is 5. The van der Waals surface area contributed by atoms with E-state index in [0.717, 1.165) is 5.56 Å². The van der Waals surface area contributed by atoms with Gasteiger partial charge in [-0.3, -0.25) is 9.59 Å². The molecule has 3 N–H and O–H groups in total. The Morgan fingerprint density at radius 2 is 1.81 bits per heavy atom. The number of primary amides is 1. The maximum absolute atomic E-state index is 12.7. The number of benzene rings is 2. The Bertz CT molecular complexity index is 945. The van der Waals surface area contributed by atoms with E-state index in [1.54, 1.807) is 12.1 Å². The average molecular weight is 448 g/mol. The standard InChI is InChI=1S/C18H14BrN3O2S2/c19-13-9-5-4-8-12(13)16(24)22-17-15(11-6-2-1-3-7-11)21-18(26-17)25-10-14(20)23/h1-9H,10H2,(H2,20,23)(H,22,24). The number of rotatable bonds is 6. The molecule has 0 bridgehead atoms. The molecule has 132 valence electrons. The van der Waals surface area contributed by atoms with E-state index >= 15 is 0 Å². The molecule has 0 saturated heterocycles. The summed E-state index contributed by atoms with van der Waals surface area (Å²) < 4.78 is 1.39. The lowest BCUT2D eigenvalue weighted by Gasteiger charge is -2.06. The zero-order valence-corrected chi connectivity index (χ0v) is 16.7. The first kappa shape index (κ1) is 18.6. The van der Waals surface area contributed by atoms with Crippen LogP contribution in [0.5, 0.6) is 0 Å². The van der Waals surface area contributed by atoms with E-state index in [-0.39, 0.29) is 11.7 Å². The summed E-state index contributed by atoms with van der Waals surface area (Å²) in [6.07, 6.45) is 0. The SMILES string of the molecule is NC(=O)CSc1nc(-c2ccccc2)c(NC(=O)c2ccccc2Br)s1. The topological polar surface area (TPSA) is 85.1 Å². The highest BCUT2D eigenvalue weighted by atomic mass is 79.9. The first-order valence-corrected chi connectivity index (χ1v) is 10.2. The number of anilines is 1. The van der Waals surface area contributed by atoms with Gasteiger partial charge in [0.05, 0.1) is 11.3 Å². The van der Waals surface area contributed by atoms with Gasteiger partial charge in [-0.25, -0.2) is 4.98 Å². The Labute approximate surface area is 167 Å². The molecule has 1 heterocycles. The lowest BCUT2D eigenvalue weighted by Crippen LogP contribution is -2.12. The molecule has 0 aliphatic rings. The normalized spacial score (nSPS) is 10.5. The number of nitrogens with zero attached hydrogens (tertiary/aromatic N) is 1. The highest BCUT2D eigenvalue weighted by Gasteiger charge is 2.18. The second kappa shape index (κ2) is 8.48. The van der Waals surface area contributed by atoms with Gasteiger partial charge in [0.25, 0.3) is 5.91 Å². The van der Waals surface area contributed by atoms with Gasteiger partial charge in [-0.2, -0.15) is 0 Å². The van der Waals surface area contributed by atoms with Gasteiger partial charge in [-0.05, 0) is 28.1 Å². The molecule has 0 aliphatic heterocycles. The van der Waals surface area contributed by atoms with Crippen LogP contribution in [-0.4, -0.2) is 22.6 Å². The summed E-state index contributed by atoms with van der Waals surface area (Å²) in [7, 11) is 0. The van der Waals surface area contributed by atoms with Crippen molar-refractivity contribution in [3.8, 4) is 11.3 Å². The minimum absolute atomic E-state index is 0.138. The molecule has 0 atom stereocenters. The largest absolute Gasteiger partial charge is 0.369 e. The van der Waals surface area contributed by atoms with Gasteiger partial charge in [0.1, 0.15) is 10.7 Å². The van der Waals surface area contributed by atoms with Crippen molar-refractivity contribution < 1.29 is 9.59 Å². The highest BCUT2D eigenvalue weighted by Crippen LogP contribution is 2.38. The number of thiazole rings is 1. The third kappa shape index (κ3) is 4.51. The van der Waals surface area contributed by atoms with Gasteiger partial charge in [-0.15, -0.1) is 0 Å². The number of carbonyl (C=O) groups excluding carboxylic acids is 2. The van der Waals surface area contributed by atoms with Crippen LogP contribution >= 0.6 is 39.0 Å². The number of hydrogen-bond donors (Lipinski definition) is 2. The van der Waals surface area contributed by atoms with Crippen molar-refractivity contribution in [1.82, 2.24) is 4.98 Å². The van der Waals surface area contributed by atoms with E-state index in [1.165, 1.54) is 23.1 Å². The first-order chi connectivity index (χ1) is 12.5. The van der Waals surface area contributed by atoms with Gasteiger partial charge >= 0.3 is 0 Å². The quantitative estimate of drug-likeness (QED) is 0.548. The molecular formula is C18H14BrN3O2S2. The average Bonchev–Trinajstić information content (AvgIpc) is 3.04. The fourth-order valence-corrected chi connectivity index (χ4v) is 4.45. The minimum atomic E-state index is -0.412. The molecule has 0 unspecified atom stereocenters. The van der Waals surface area contributed by atoms with Crippen LogP contribution in [0.15, 0.2) is 63.4 Å². The van der Waals surface area contributed by atoms with E-state index in [1.807, 2.05) is 42.5 Å². The van der Waals surface area contributed by atoms with Crippen molar-refractivity contribution in [2.45, 2.75) is 4.34 Å². The van der Waals surface area contributed by atoms with Crippen LogP contribution < -0.4 is 11.1 Å². The lowest BCUT2D eigenvalue weighted by atomic mass is 10.1. The van der Waals surface area contributed by atoms with Gasteiger partial charge < -0.3 is 11.1 Å². The van der Waals surface area contributed by atoms with Crippen molar-refractivity contribution in [3.63, 3.8) is 0 Å². The van der Waals surface area contributed by atoms with Crippen LogP contribution in [0.25, 0.3) is 11.3 Å². The molecule has 2 aromatic carbocycles. The van der Waals surface area contributed by atoms with Crippen LogP contribution in [0.1, 0.15) is 10.4 Å². The molecule has 3 aromatic rings. The molecule has 0 aliphatic carbocycles. The molecule has 0 saturated carbocycles. The van der Waals surface area contributed by atoms with Crippen LogP contribution in [0.2, 0.25) is 0 Å². The van der Waals surface area contributed by atoms with E-state index in [0.29, 0.717) is 25.1 Å². The van der Waals surface area contributed by atoms with E-state index in [2.05, 4.69) is 26.2 Å². The Kier molecular flexibility index (Phi) is 6.08. The summed E-state index contributed by atoms with van der Waals surface area (Å²) in [5, 5.41) is 3.56. The summed E-state index contributed by atoms with van der Waals surface area (Å²) in [4.78, 5) is 28.3. The van der Waals surface area contributed by atoms with E-state index in [9.17, 15) is 9.59 Å². The molecule has 0 spiro atoms. The molecule has 3 rings (SSSR count). The predicted molar refractivity (Wildman–Crippen MR) is 110 cm³/mol. The second-order valence-corrected chi connectivity index (χ2v) is 8.29. The van der Waals surface area contributed by atoms with Crippen molar-refractivity contribution in [2.24, 2.45) is 5.73 Å². The molecule has 5 nitrogen and oxygen atoms in total. The number of nitrogens with one attached hydrogen (secondary N) is 1. The van der Waals surface area contributed by atoms with Gasteiger partial charge in [0, 0.05) is 10.0 Å². The summed E-state index contributed by atoms with van der Waals surface area (Å²) in [5.41, 5.74) is 7.30. The predicted octanol–water partition coefficient (Wildman–Crippen LogP) is 4.40. The van der Waals surface area contributed by atoms with Gasteiger partial charge in [0.2, 0.25) is 5.91 Å². The fraction of sp³-hybridized carbons (Fsp3) is 0.0556. The minimum Gasteiger partial charge on any atom is -0.369 e. The van der Waals surface area contributed by atoms with Crippen LogP contribution in [0, 0.1) is 0 Å². The highest BCUT2D eigenvalue weighted by molar-refractivity contribution is 9.10. The molecule has 8 heteroatoms. The zero-order chi connectivity index (χ0) is 18.5. The molecular weight excluding hydrogens is 434 g/mol. The van der Waals surface area contributed by atoms with Crippen molar-refractivity contribution in [1.29, 1.82) is 0 Å². The van der Waals surface area contributed by atoms with Gasteiger partial charge in [0.15, 0.2) is 4.34 Å². The summed E-state index contributed by atoms with van der Waals surface area (Å²) in [5.74, 6) is -0.505. The maximum Gasteiger partial charge on any atom is 0.257 e. The summed E-state index contributed by atoms with van der Waals surface area (Å²) in [6.45, 7) is 0. The number of nitrogens with two attached hydrogens (primary N) is 1. The monoisotopic (exact) mass is 447 g/mol. The lowest BCUT2D eigenvalue weighted by molar-refractivity contribution is -0.115. The van der Waals surface area contributed by atoms with Gasteiger partial charge in [-0.1, -0.05) is 65.6 Å². The van der Waals surface area contributed by atoms with Crippen LogP contribution in [0.3, 0.4) is 0 Å². The molecule has 2 amide bonds. The Morgan fingerprint density at radius 3 is 2.50 bits per heavy atom. The van der Waals surface area contributed by atoms with Crippen LogP contribution in [-0.2, 0) is 4.79 Å². The molecule has 0 fully saturated rings. The van der Waals surface area contributed by atoms with Crippen LogP contribution in [0.4, 0.5) is 5.00 Å². The zero-order valence-electron chi connectivity index (χ0n) is 13.4. The van der Waals surface area contributed by atoms with Crippen molar-refractivity contribution in [2.75, 3.05) is 11.1 Å². The number of amides is 2. The van der Waals surface area contributed by atoms with Crippen molar-refractivity contribution in [3.05, 3.63) is 64.6 Å². The smallest absolute Gasteiger partial charge is 0.257 e. The molecule has 0 radical (unpaired) electrons. The summed E-state index contributed by atoms with van der Waals surface area (Å²) >= 11 is 5.97. The Balaban J connectivity index is 1.92. The van der Waals surface area contributed by atoms with Crippen molar-refractivity contribution >= 4 is 55.8 Å². The second-order valence-electron chi connectivity index (χ2n) is 5.21. The number of carbonyl (C=O) groups is 2. The fourth-order valence-electron chi connectivity index (χ4n) is 2.19. The third-order valence-corrected chi connectivity index (χ3v) is 6.17. The summed E-state index contributed by atoms with van der Waals surface area (Å²) in [6, 6.07) is 16.8. The Hall–Kier alpha value is -2.16. The first-order valence-electron chi connectivity index (χ1n) is 7.58. The number of halogens is 1. The third-order valence-electron chi connectivity index (χ3n) is 3.34. The number of aromatic nitrogens is 1. The molecule has 1 aromatic heterocycles. The maximum atomic E-state index is 12.7. The van der Waals surface area contributed by atoms with E-state index in [4.69, 9.17) is 5.73 Å². The Morgan fingerprint density at radius 1 is 1.12 bits per heavy atom. The molecule has 26 heavy (non-hydrogen) atoms. The number of thioether (sulfide) groups is 1.